The minimum atomic E-state index is -1.23. The summed E-state index contributed by atoms with van der Waals surface area (Å²) in [5, 5.41) is 3.32. The Balaban J connectivity index is 2.47. The number of halogens is 2. The van der Waals surface area contributed by atoms with Gasteiger partial charge in [0.2, 0.25) is 0 Å². The highest BCUT2D eigenvalue weighted by atomic mass is 32.2. The molecule has 1 aromatic rings. The van der Waals surface area contributed by atoms with Gasteiger partial charge < -0.3 is 5.32 Å². The maximum atomic E-state index is 13.4. The Bertz CT molecular complexity index is 476. The van der Waals surface area contributed by atoms with Gasteiger partial charge in [-0.25, -0.2) is 8.78 Å². The molecule has 0 saturated heterocycles. The minimum Gasteiger partial charge on any atom is -0.308 e. The maximum Gasteiger partial charge on any atom is 0.160 e. The first-order valence-corrected chi connectivity index (χ1v) is 7.44. The van der Waals surface area contributed by atoms with E-state index in [1.165, 1.54) is 6.07 Å². The molecule has 0 saturated carbocycles. The molecule has 0 aliphatic carbocycles. The van der Waals surface area contributed by atoms with Gasteiger partial charge in [0.05, 0.1) is 10.8 Å². The van der Waals surface area contributed by atoms with Crippen LogP contribution in [0.2, 0.25) is 0 Å². The van der Waals surface area contributed by atoms with E-state index in [0.29, 0.717) is 16.2 Å². The van der Waals surface area contributed by atoms with Gasteiger partial charge in [-0.1, -0.05) is 13.8 Å². The van der Waals surface area contributed by atoms with Crippen molar-refractivity contribution in [3.8, 4) is 0 Å². The van der Waals surface area contributed by atoms with E-state index in [9.17, 15) is 13.0 Å². The Morgan fingerprint density at radius 2 is 2.00 bits per heavy atom. The van der Waals surface area contributed by atoms with Gasteiger partial charge in [0, 0.05) is 22.7 Å². The Kier molecular flexibility index (Phi) is 4.12. The largest absolute Gasteiger partial charge is 0.308 e. The lowest BCUT2D eigenvalue weighted by Gasteiger charge is -2.21. The second-order valence-electron chi connectivity index (χ2n) is 4.87. The molecule has 1 heterocycles. The molecule has 0 spiro atoms. The smallest absolute Gasteiger partial charge is 0.160 e. The molecule has 2 unspecified atom stereocenters. The van der Waals surface area contributed by atoms with Gasteiger partial charge in [-0.3, -0.25) is 4.21 Å². The number of hydrogen-bond acceptors (Lipinski definition) is 2. The van der Waals surface area contributed by atoms with Crippen molar-refractivity contribution in [3.63, 3.8) is 0 Å². The molecule has 2 atom stereocenters. The van der Waals surface area contributed by atoms with Crippen LogP contribution in [-0.2, 0) is 10.8 Å². The molecular weight excluding hydrogens is 256 g/mol. The van der Waals surface area contributed by atoms with E-state index in [1.807, 2.05) is 13.8 Å². The molecule has 0 amide bonds. The molecule has 2 rings (SSSR count). The van der Waals surface area contributed by atoms with Crippen LogP contribution >= 0.6 is 0 Å². The predicted octanol–water partition coefficient (Wildman–Crippen LogP) is 2.91. The molecule has 5 heteroatoms. The van der Waals surface area contributed by atoms with E-state index in [-0.39, 0.29) is 12.1 Å². The second kappa shape index (κ2) is 5.45. The summed E-state index contributed by atoms with van der Waals surface area (Å²) in [7, 11) is -1.23. The quantitative estimate of drug-likeness (QED) is 0.897. The third-order valence-electron chi connectivity index (χ3n) is 3.03. The van der Waals surface area contributed by atoms with Crippen LogP contribution in [0.15, 0.2) is 17.0 Å². The molecule has 0 fully saturated rings. The lowest BCUT2D eigenvalue weighted by molar-refractivity contribution is 0.440. The minimum absolute atomic E-state index is 0.0541. The fourth-order valence-electron chi connectivity index (χ4n) is 2.27. The lowest BCUT2D eigenvalue weighted by Crippen LogP contribution is -2.28. The van der Waals surface area contributed by atoms with Crippen LogP contribution in [0.3, 0.4) is 0 Å². The molecule has 2 nitrogen and oxygen atoms in total. The first-order valence-electron chi connectivity index (χ1n) is 6.12. The van der Waals surface area contributed by atoms with Crippen molar-refractivity contribution >= 4 is 10.8 Å². The van der Waals surface area contributed by atoms with Gasteiger partial charge in [-0.2, -0.15) is 0 Å². The summed E-state index contributed by atoms with van der Waals surface area (Å²) >= 11 is 0. The summed E-state index contributed by atoms with van der Waals surface area (Å²) in [6.07, 6.45) is 1.58. The number of fused-ring (bicyclic) bond motifs is 1. The summed E-state index contributed by atoms with van der Waals surface area (Å²) in [5.74, 6) is -1.29. The van der Waals surface area contributed by atoms with Crippen LogP contribution in [-0.4, -0.2) is 16.0 Å². The highest BCUT2D eigenvalue weighted by molar-refractivity contribution is 7.85. The van der Waals surface area contributed by atoms with E-state index in [2.05, 4.69) is 5.32 Å². The topological polar surface area (TPSA) is 29.1 Å². The van der Waals surface area contributed by atoms with Crippen molar-refractivity contribution in [3.05, 3.63) is 29.3 Å². The van der Waals surface area contributed by atoms with Crippen LogP contribution < -0.4 is 5.32 Å². The molecule has 1 aliphatic rings. The van der Waals surface area contributed by atoms with E-state index in [0.717, 1.165) is 18.9 Å². The number of nitrogens with one attached hydrogen (secondary N) is 1. The first-order chi connectivity index (χ1) is 8.49. The predicted molar refractivity (Wildman–Crippen MR) is 67.9 cm³/mol. The van der Waals surface area contributed by atoms with Gasteiger partial charge in [0.15, 0.2) is 11.6 Å². The van der Waals surface area contributed by atoms with Crippen LogP contribution in [0.1, 0.15) is 38.3 Å². The summed E-state index contributed by atoms with van der Waals surface area (Å²) in [4.78, 5) is 0.435. The SMILES string of the molecule is CC(C)NC1CCCS(=O)c2cc(F)c(F)cc21. The monoisotopic (exact) mass is 273 g/mol. The standard InChI is InChI=1S/C13H17F2NOS/c1-8(2)16-12-4-3-5-18(17)13-7-11(15)10(14)6-9(12)13/h6-8,12,16H,3-5H2,1-2H3. The van der Waals surface area contributed by atoms with Crippen LogP contribution in [0, 0.1) is 11.6 Å². The molecule has 0 radical (unpaired) electrons. The van der Waals surface area contributed by atoms with Crippen LogP contribution in [0.5, 0.6) is 0 Å². The summed E-state index contributed by atoms with van der Waals surface area (Å²) in [5.41, 5.74) is 0.637. The zero-order chi connectivity index (χ0) is 13.3. The zero-order valence-electron chi connectivity index (χ0n) is 10.5. The van der Waals surface area contributed by atoms with Crippen molar-refractivity contribution in [2.45, 2.75) is 43.7 Å². The van der Waals surface area contributed by atoms with E-state index in [1.54, 1.807) is 0 Å². The fraction of sp³-hybridized carbons (Fsp3) is 0.538. The van der Waals surface area contributed by atoms with Crippen LogP contribution in [0.4, 0.5) is 8.78 Å². The number of hydrogen-bond donors (Lipinski definition) is 1. The Hall–Kier alpha value is -0.810. The van der Waals surface area contributed by atoms with E-state index in [4.69, 9.17) is 0 Å². The van der Waals surface area contributed by atoms with Crippen molar-refractivity contribution in [1.29, 1.82) is 0 Å². The Morgan fingerprint density at radius 1 is 1.33 bits per heavy atom. The molecule has 1 aliphatic heterocycles. The Labute approximate surface area is 108 Å². The molecule has 100 valence electrons. The van der Waals surface area contributed by atoms with Gasteiger partial charge in [-0.05, 0) is 30.5 Å². The molecule has 0 bridgehead atoms. The third kappa shape index (κ3) is 2.78. The molecular formula is C13H17F2NOS. The number of benzene rings is 1. The highest BCUT2D eigenvalue weighted by Gasteiger charge is 2.25. The zero-order valence-corrected chi connectivity index (χ0v) is 11.3. The lowest BCUT2D eigenvalue weighted by atomic mass is 10.0. The van der Waals surface area contributed by atoms with Crippen molar-refractivity contribution in [1.82, 2.24) is 5.32 Å². The van der Waals surface area contributed by atoms with E-state index >= 15 is 0 Å². The molecule has 18 heavy (non-hydrogen) atoms. The maximum absolute atomic E-state index is 13.4. The van der Waals surface area contributed by atoms with E-state index < -0.39 is 22.4 Å². The summed E-state index contributed by atoms with van der Waals surface area (Å²) in [6, 6.07) is 2.46. The van der Waals surface area contributed by atoms with Crippen molar-refractivity contribution < 1.29 is 13.0 Å². The molecule has 0 aromatic heterocycles. The van der Waals surface area contributed by atoms with Crippen molar-refractivity contribution in [2.75, 3.05) is 5.75 Å². The van der Waals surface area contributed by atoms with Gasteiger partial charge in [0.1, 0.15) is 0 Å². The van der Waals surface area contributed by atoms with Gasteiger partial charge >= 0.3 is 0 Å². The van der Waals surface area contributed by atoms with Crippen molar-refractivity contribution in [2.24, 2.45) is 0 Å². The third-order valence-corrected chi connectivity index (χ3v) is 4.53. The first kappa shape index (κ1) is 13.6. The average Bonchev–Trinajstić information content (AvgIpc) is 2.42. The van der Waals surface area contributed by atoms with Crippen LogP contribution in [0.25, 0.3) is 0 Å². The molecule has 1 N–H and O–H groups in total. The van der Waals surface area contributed by atoms with Gasteiger partial charge in [0.25, 0.3) is 0 Å². The highest BCUT2D eigenvalue weighted by Crippen LogP contribution is 2.31. The number of rotatable bonds is 2. The average molecular weight is 273 g/mol. The second-order valence-corrected chi connectivity index (χ2v) is 6.41. The summed E-state index contributed by atoms with van der Waals surface area (Å²) < 4.78 is 38.6. The Morgan fingerprint density at radius 3 is 2.67 bits per heavy atom. The van der Waals surface area contributed by atoms with Gasteiger partial charge in [-0.15, -0.1) is 0 Å². The normalized spacial score (nSPS) is 23.8. The fourth-order valence-corrected chi connectivity index (χ4v) is 3.62. The summed E-state index contributed by atoms with van der Waals surface area (Å²) in [6.45, 7) is 4.00. The molecule has 1 aromatic carbocycles.